The molecule has 0 bridgehead atoms. The normalized spacial score (nSPS) is 11.9. The van der Waals surface area contributed by atoms with Gasteiger partial charge in [0, 0.05) is 43.7 Å². The molecule has 0 aliphatic heterocycles. The first kappa shape index (κ1) is 23.1. The van der Waals surface area contributed by atoms with Crippen molar-refractivity contribution in [1.82, 2.24) is 8.97 Å². The summed E-state index contributed by atoms with van der Waals surface area (Å²) in [7, 11) is 0. The first-order chi connectivity index (χ1) is 20.8. The van der Waals surface area contributed by atoms with E-state index in [4.69, 9.17) is 0 Å². The summed E-state index contributed by atoms with van der Waals surface area (Å²) in [6, 6.07) is 50.6. The molecule has 3 heterocycles. The minimum atomic E-state index is 0.0123. The highest BCUT2D eigenvalue weighted by Crippen LogP contribution is 2.44. The van der Waals surface area contributed by atoms with Crippen LogP contribution in [0.25, 0.3) is 76.9 Å². The third-order valence-corrected chi connectivity index (χ3v) is 8.66. The Hall–Kier alpha value is -5.67. The van der Waals surface area contributed by atoms with Crippen LogP contribution in [0.2, 0.25) is 0 Å². The van der Waals surface area contributed by atoms with Crippen molar-refractivity contribution < 1.29 is 0 Å². The van der Waals surface area contributed by atoms with Gasteiger partial charge in [-0.2, -0.15) is 0 Å². The van der Waals surface area contributed by atoms with E-state index >= 15 is 0 Å². The lowest BCUT2D eigenvalue weighted by atomic mass is 9.97. The van der Waals surface area contributed by atoms with Gasteiger partial charge in [-0.1, -0.05) is 109 Å². The smallest absolute Gasteiger partial charge is 0.263 e. The number of aromatic nitrogens is 2. The van der Waals surface area contributed by atoms with E-state index in [0.717, 1.165) is 71.6 Å². The zero-order valence-corrected chi connectivity index (χ0v) is 22.7. The highest BCUT2D eigenvalue weighted by atomic mass is 16.1. The fourth-order valence-corrected chi connectivity index (χ4v) is 6.93. The molecule has 0 N–H and O–H groups in total. The molecule has 0 aliphatic rings. The quantitative estimate of drug-likeness (QED) is 0.207. The molecule has 3 nitrogen and oxygen atoms in total. The van der Waals surface area contributed by atoms with Gasteiger partial charge in [-0.3, -0.25) is 9.20 Å². The van der Waals surface area contributed by atoms with Crippen LogP contribution in [0, 0.1) is 0 Å². The Labute approximate surface area is 241 Å². The number of para-hydroxylation sites is 3. The van der Waals surface area contributed by atoms with Crippen LogP contribution in [0.4, 0.5) is 0 Å². The molecular weight excluding hydrogens is 512 g/mol. The number of hydrogen-bond acceptors (Lipinski definition) is 1. The predicted octanol–water partition coefficient (Wildman–Crippen LogP) is 9.47. The molecular formula is C39H24N2O. The maximum absolute atomic E-state index is 14.4. The molecule has 196 valence electrons. The average Bonchev–Trinajstić information content (AvgIpc) is 3.58. The number of fused-ring (bicyclic) bond motifs is 5. The Morgan fingerprint density at radius 1 is 0.429 bits per heavy atom. The number of pyridine rings is 1. The molecule has 0 radical (unpaired) electrons. The summed E-state index contributed by atoms with van der Waals surface area (Å²) in [5.41, 5.74) is 8.54. The van der Waals surface area contributed by atoms with Crippen molar-refractivity contribution in [2.75, 3.05) is 0 Å². The summed E-state index contributed by atoms with van der Waals surface area (Å²) in [6.07, 6.45) is 0. The molecule has 0 unspecified atom stereocenters. The monoisotopic (exact) mass is 536 g/mol. The first-order valence-corrected chi connectivity index (χ1v) is 14.3. The molecule has 9 rings (SSSR count). The molecule has 3 heteroatoms. The third-order valence-electron chi connectivity index (χ3n) is 8.66. The van der Waals surface area contributed by atoms with Gasteiger partial charge in [-0.05, 0) is 47.3 Å². The van der Waals surface area contributed by atoms with Crippen LogP contribution in [0.3, 0.4) is 0 Å². The molecule has 0 spiro atoms. The molecule has 0 saturated heterocycles. The summed E-state index contributed by atoms with van der Waals surface area (Å²) < 4.78 is 4.29. The highest BCUT2D eigenvalue weighted by molar-refractivity contribution is 6.18. The van der Waals surface area contributed by atoms with E-state index in [0.29, 0.717) is 0 Å². The van der Waals surface area contributed by atoms with Crippen molar-refractivity contribution in [2.45, 2.75) is 0 Å². The Balaban J connectivity index is 1.46. The van der Waals surface area contributed by atoms with E-state index in [1.54, 1.807) is 0 Å². The number of benzene rings is 6. The van der Waals surface area contributed by atoms with Crippen molar-refractivity contribution in [3.8, 4) is 28.1 Å². The summed E-state index contributed by atoms with van der Waals surface area (Å²) in [4.78, 5) is 14.4. The van der Waals surface area contributed by atoms with Gasteiger partial charge in [-0.15, -0.1) is 0 Å². The van der Waals surface area contributed by atoms with Crippen LogP contribution in [0.5, 0.6) is 0 Å². The SMILES string of the molecule is O=c1c2ccccc2c2cccc3c(-c4ccccc4)c(-c4ccc5c(c4)c4ccccc4n5-c4ccccc4)n1c32. The van der Waals surface area contributed by atoms with Gasteiger partial charge in [0.15, 0.2) is 0 Å². The molecule has 0 aliphatic carbocycles. The zero-order valence-electron chi connectivity index (χ0n) is 22.7. The first-order valence-electron chi connectivity index (χ1n) is 14.3. The minimum absolute atomic E-state index is 0.0123. The van der Waals surface area contributed by atoms with E-state index in [1.807, 2.05) is 34.7 Å². The molecule has 0 saturated carbocycles. The van der Waals surface area contributed by atoms with Crippen molar-refractivity contribution in [1.29, 1.82) is 0 Å². The van der Waals surface area contributed by atoms with E-state index in [9.17, 15) is 4.79 Å². The molecule has 0 atom stereocenters. The average molecular weight is 537 g/mol. The second-order valence-electron chi connectivity index (χ2n) is 10.9. The minimum Gasteiger partial charge on any atom is -0.309 e. The van der Waals surface area contributed by atoms with Gasteiger partial charge >= 0.3 is 0 Å². The fourth-order valence-electron chi connectivity index (χ4n) is 6.93. The second kappa shape index (κ2) is 8.66. The highest BCUT2D eigenvalue weighted by Gasteiger charge is 2.24. The van der Waals surface area contributed by atoms with E-state index < -0.39 is 0 Å². The molecule has 0 amide bonds. The zero-order chi connectivity index (χ0) is 27.8. The van der Waals surface area contributed by atoms with Crippen LogP contribution < -0.4 is 5.56 Å². The lowest BCUT2D eigenvalue weighted by Crippen LogP contribution is -2.14. The lowest BCUT2D eigenvalue weighted by Gasteiger charge is -2.10. The second-order valence-corrected chi connectivity index (χ2v) is 10.9. The number of nitrogens with zero attached hydrogens (tertiary/aromatic N) is 2. The van der Waals surface area contributed by atoms with Gasteiger partial charge in [-0.25, -0.2) is 0 Å². The Kier molecular flexibility index (Phi) is 4.76. The maximum atomic E-state index is 14.4. The molecule has 9 aromatic rings. The topological polar surface area (TPSA) is 26.4 Å². The van der Waals surface area contributed by atoms with Crippen molar-refractivity contribution in [3.63, 3.8) is 0 Å². The van der Waals surface area contributed by atoms with E-state index in [2.05, 4.69) is 120 Å². The summed E-state index contributed by atoms with van der Waals surface area (Å²) >= 11 is 0. The maximum Gasteiger partial charge on any atom is 0.263 e. The summed E-state index contributed by atoms with van der Waals surface area (Å²) in [5, 5.41) is 6.25. The standard InChI is InChI=1S/C39H24N2O/c42-39-31-18-8-7-16-28(31)30-19-11-20-32-36(25-12-3-1-4-13-25)37(41(39)38(30)32)26-22-23-35-33(24-26)29-17-9-10-21-34(29)40(35)27-14-5-2-6-15-27/h1-24H. The Morgan fingerprint density at radius 3 is 1.86 bits per heavy atom. The fraction of sp³-hybridized carbons (Fsp3) is 0. The van der Waals surface area contributed by atoms with Gasteiger partial charge in [0.2, 0.25) is 0 Å². The predicted molar refractivity (Wildman–Crippen MR) is 175 cm³/mol. The van der Waals surface area contributed by atoms with E-state index in [-0.39, 0.29) is 5.56 Å². The van der Waals surface area contributed by atoms with Crippen molar-refractivity contribution >= 4 is 48.9 Å². The van der Waals surface area contributed by atoms with Crippen LogP contribution in [0.1, 0.15) is 0 Å². The van der Waals surface area contributed by atoms with Crippen LogP contribution in [0.15, 0.2) is 150 Å². The Bertz CT molecular complexity index is 2520. The van der Waals surface area contributed by atoms with Crippen LogP contribution in [-0.2, 0) is 0 Å². The molecule has 42 heavy (non-hydrogen) atoms. The Morgan fingerprint density at radius 2 is 1.05 bits per heavy atom. The van der Waals surface area contributed by atoms with Gasteiger partial charge in [0.05, 0.1) is 22.2 Å². The van der Waals surface area contributed by atoms with Gasteiger partial charge < -0.3 is 4.57 Å². The van der Waals surface area contributed by atoms with Crippen molar-refractivity contribution in [2.24, 2.45) is 0 Å². The molecule has 3 aromatic heterocycles. The number of rotatable bonds is 3. The van der Waals surface area contributed by atoms with Crippen molar-refractivity contribution in [3.05, 3.63) is 156 Å². The summed E-state index contributed by atoms with van der Waals surface area (Å²) in [5.74, 6) is 0. The van der Waals surface area contributed by atoms with Gasteiger partial charge in [0.25, 0.3) is 5.56 Å². The largest absolute Gasteiger partial charge is 0.309 e. The van der Waals surface area contributed by atoms with E-state index in [1.165, 1.54) is 5.39 Å². The third kappa shape index (κ3) is 3.08. The lowest BCUT2D eigenvalue weighted by molar-refractivity contribution is 1.16. The van der Waals surface area contributed by atoms with Crippen LogP contribution in [-0.4, -0.2) is 8.97 Å². The van der Waals surface area contributed by atoms with Gasteiger partial charge in [0.1, 0.15) is 0 Å². The molecule has 0 fully saturated rings. The summed E-state index contributed by atoms with van der Waals surface area (Å²) in [6.45, 7) is 0. The molecule has 6 aromatic carbocycles. The van der Waals surface area contributed by atoms with Crippen LogP contribution >= 0.6 is 0 Å². The number of hydrogen-bond donors (Lipinski definition) is 0.